The summed E-state index contributed by atoms with van der Waals surface area (Å²) < 4.78 is 15.3. The Kier molecular flexibility index (Phi) is 7.64. The lowest BCUT2D eigenvalue weighted by molar-refractivity contribution is -0.124. The molecular formula is C24H24N2O6. The zero-order chi connectivity index (χ0) is 22.9. The van der Waals surface area contributed by atoms with E-state index in [1.807, 2.05) is 24.3 Å². The normalized spacial score (nSPS) is 10.3. The van der Waals surface area contributed by atoms with Crippen molar-refractivity contribution in [2.24, 2.45) is 0 Å². The molecule has 1 heterocycles. The topological polar surface area (TPSA) is 107 Å². The van der Waals surface area contributed by atoms with Crippen molar-refractivity contribution in [3.05, 3.63) is 83.3 Å². The third-order valence-electron chi connectivity index (χ3n) is 4.70. The van der Waals surface area contributed by atoms with E-state index in [1.165, 1.54) is 18.4 Å². The SMILES string of the molecule is COc1ccc(CCNC(=O)COC(=O)c2ccc(C)c(NC(=O)c3ccco3)c2)cc1. The largest absolute Gasteiger partial charge is 0.497 e. The van der Waals surface area contributed by atoms with Crippen molar-refractivity contribution in [2.45, 2.75) is 13.3 Å². The number of amides is 2. The number of benzene rings is 2. The Morgan fingerprint density at radius 1 is 1.03 bits per heavy atom. The first kappa shape index (κ1) is 22.6. The molecule has 0 fully saturated rings. The number of hydrogen-bond donors (Lipinski definition) is 2. The second-order valence-electron chi connectivity index (χ2n) is 6.99. The molecule has 1 aromatic heterocycles. The van der Waals surface area contributed by atoms with Crippen LogP contribution in [0.5, 0.6) is 5.75 Å². The quantitative estimate of drug-likeness (QED) is 0.498. The molecule has 0 aliphatic rings. The summed E-state index contributed by atoms with van der Waals surface area (Å²) >= 11 is 0. The highest BCUT2D eigenvalue weighted by atomic mass is 16.5. The van der Waals surface area contributed by atoms with E-state index in [-0.39, 0.29) is 11.3 Å². The summed E-state index contributed by atoms with van der Waals surface area (Å²) in [5, 5.41) is 5.41. The van der Waals surface area contributed by atoms with Gasteiger partial charge in [0.05, 0.1) is 18.9 Å². The second kappa shape index (κ2) is 10.8. The van der Waals surface area contributed by atoms with Gasteiger partial charge in [-0.15, -0.1) is 0 Å². The molecule has 0 unspecified atom stereocenters. The van der Waals surface area contributed by atoms with E-state index >= 15 is 0 Å². The Morgan fingerprint density at radius 2 is 1.81 bits per heavy atom. The number of hydrogen-bond acceptors (Lipinski definition) is 6. The van der Waals surface area contributed by atoms with E-state index in [9.17, 15) is 14.4 Å². The first-order valence-corrected chi connectivity index (χ1v) is 9.98. The van der Waals surface area contributed by atoms with Gasteiger partial charge in [0.1, 0.15) is 5.75 Å². The van der Waals surface area contributed by atoms with Gasteiger partial charge in [-0.25, -0.2) is 4.79 Å². The van der Waals surface area contributed by atoms with E-state index in [0.29, 0.717) is 18.7 Å². The summed E-state index contributed by atoms with van der Waals surface area (Å²) in [6, 6.07) is 15.5. The summed E-state index contributed by atoms with van der Waals surface area (Å²) in [4.78, 5) is 36.5. The number of furan rings is 1. The number of anilines is 1. The highest BCUT2D eigenvalue weighted by molar-refractivity contribution is 6.03. The third-order valence-corrected chi connectivity index (χ3v) is 4.70. The van der Waals surface area contributed by atoms with Crippen molar-refractivity contribution in [1.29, 1.82) is 0 Å². The molecule has 166 valence electrons. The fourth-order valence-corrected chi connectivity index (χ4v) is 2.88. The van der Waals surface area contributed by atoms with Gasteiger partial charge in [-0.05, 0) is 60.9 Å². The lowest BCUT2D eigenvalue weighted by atomic mass is 10.1. The van der Waals surface area contributed by atoms with E-state index in [1.54, 1.807) is 32.2 Å². The molecule has 0 radical (unpaired) electrons. The number of carbonyl (C=O) groups is 3. The Hall–Kier alpha value is -4.07. The van der Waals surface area contributed by atoms with Crippen LogP contribution >= 0.6 is 0 Å². The van der Waals surface area contributed by atoms with Crippen molar-refractivity contribution < 1.29 is 28.3 Å². The van der Waals surface area contributed by atoms with Crippen LogP contribution in [0.2, 0.25) is 0 Å². The van der Waals surface area contributed by atoms with E-state index in [4.69, 9.17) is 13.9 Å². The number of esters is 1. The van der Waals surface area contributed by atoms with Gasteiger partial charge in [0, 0.05) is 12.2 Å². The molecule has 3 rings (SSSR count). The van der Waals surface area contributed by atoms with Crippen LogP contribution in [0.4, 0.5) is 5.69 Å². The first-order valence-electron chi connectivity index (χ1n) is 9.98. The fourth-order valence-electron chi connectivity index (χ4n) is 2.88. The van der Waals surface area contributed by atoms with E-state index in [2.05, 4.69) is 10.6 Å². The Bertz CT molecular complexity index is 1070. The molecule has 3 aromatic rings. The number of ether oxygens (including phenoxy) is 2. The summed E-state index contributed by atoms with van der Waals surface area (Å²) in [7, 11) is 1.60. The van der Waals surface area contributed by atoms with Gasteiger partial charge in [-0.1, -0.05) is 18.2 Å². The maximum atomic E-state index is 12.3. The lowest BCUT2D eigenvalue weighted by Crippen LogP contribution is -2.30. The van der Waals surface area contributed by atoms with Gasteiger partial charge in [-0.3, -0.25) is 9.59 Å². The van der Waals surface area contributed by atoms with Gasteiger partial charge in [0.25, 0.3) is 11.8 Å². The number of aryl methyl sites for hydroxylation is 1. The summed E-state index contributed by atoms with van der Waals surface area (Å²) in [6.45, 7) is 1.81. The van der Waals surface area contributed by atoms with Crippen molar-refractivity contribution >= 4 is 23.5 Å². The molecule has 0 saturated heterocycles. The smallest absolute Gasteiger partial charge is 0.338 e. The maximum Gasteiger partial charge on any atom is 0.338 e. The molecule has 8 heteroatoms. The third kappa shape index (κ3) is 6.21. The Morgan fingerprint density at radius 3 is 2.50 bits per heavy atom. The predicted molar refractivity (Wildman–Crippen MR) is 118 cm³/mol. The van der Waals surface area contributed by atoms with Crippen LogP contribution in [0.25, 0.3) is 0 Å². The molecule has 2 aromatic carbocycles. The minimum Gasteiger partial charge on any atom is -0.497 e. The number of carbonyl (C=O) groups excluding carboxylic acids is 3. The van der Waals surface area contributed by atoms with Crippen LogP contribution in [-0.2, 0) is 16.0 Å². The van der Waals surface area contributed by atoms with Crippen molar-refractivity contribution in [2.75, 3.05) is 25.6 Å². The molecule has 0 saturated carbocycles. The highest BCUT2D eigenvalue weighted by Gasteiger charge is 2.15. The number of rotatable bonds is 9. The van der Waals surface area contributed by atoms with Crippen LogP contribution in [0, 0.1) is 6.92 Å². The van der Waals surface area contributed by atoms with Gasteiger partial charge >= 0.3 is 5.97 Å². The molecule has 2 N–H and O–H groups in total. The first-order chi connectivity index (χ1) is 15.5. The van der Waals surface area contributed by atoms with Crippen LogP contribution < -0.4 is 15.4 Å². The van der Waals surface area contributed by atoms with Crippen LogP contribution in [-0.4, -0.2) is 38.0 Å². The lowest BCUT2D eigenvalue weighted by Gasteiger charge is -2.10. The zero-order valence-electron chi connectivity index (χ0n) is 17.8. The number of methoxy groups -OCH3 is 1. The summed E-state index contributed by atoms with van der Waals surface area (Å²) in [5.74, 6) is -0.567. The molecule has 0 atom stereocenters. The van der Waals surface area contributed by atoms with Gasteiger partial charge in [0.15, 0.2) is 12.4 Å². The van der Waals surface area contributed by atoms with E-state index < -0.39 is 24.4 Å². The molecule has 8 nitrogen and oxygen atoms in total. The monoisotopic (exact) mass is 436 g/mol. The molecule has 2 amide bonds. The molecule has 32 heavy (non-hydrogen) atoms. The average molecular weight is 436 g/mol. The van der Waals surface area contributed by atoms with Crippen LogP contribution in [0.3, 0.4) is 0 Å². The van der Waals surface area contributed by atoms with Gasteiger partial charge in [-0.2, -0.15) is 0 Å². The van der Waals surface area contributed by atoms with Crippen molar-refractivity contribution in [3.63, 3.8) is 0 Å². The maximum absolute atomic E-state index is 12.3. The minimum absolute atomic E-state index is 0.156. The molecule has 0 bridgehead atoms. The molecule has 0 aliphatic heterocycles. The molecule has 0 spiro atoms. The Labute approximate surface area is 185 Å². The summed E-state index contributed by atoms with van der Waals surface area (Å²) in [5.41, 5.74) is 2.48. The standard InChI is InChI=1S/C24H24N2O6/c1-16-5-8-18(14-20(16)26-23(28)21-4-3-13-31-21)24(29)32-15-22(27)25-12-11-17-6-9-19(30-2)10-7-17/h3-10,13-14H,11-12,15H2,1-2H3,(H,25,27)(H,26,28). The predicted octanol–water partition coefficient (Wildman–Crippen LogP) is 3.36. The average Bonchev–Trinajstić information content (AvgIpc) is 3.34. The fraction of sp³-hybridized carbons (Fsp3) is 0.208. The minimum atomic E-state index is -0.663. The van der Waals surface area contributed by atoms with Crippen LogP contribution in [0.15, 0.2) is 65.3 Å². The van der Waals surface area contributed by atoms with Gasteiger partial charge < -0.3 is 24.5 Å². The van der Waals surface area contributed by atoms with Crippen molar-refractivity contribution in [1.82, 2.24) is 5.32 Å². The van der Waals surface area contributed by atoms with E-state index in [0.717, 1.165) is 16.9 Å². The second-order valence-corrected chi connectivity index (χ2v) is 6.99. The Balaban J connectivity index is 1.47. The molecular weight excluding hydrogens is 412 g/mol. The van der Waals surface area contributed by atoms with Crippen LogP contribution in [0.1, 0.15) is 32.0 Å². The zero-order valence-corrected chi connectivity index (χ0v) is 17.8. The van der Waals surface area contributed by atoms with Gasteiger partial charge in [0.2, 0.25) is 0 Å². The van der Waals surface area contributed by atoms with Crippen molar-refractivity contribution in [3.8, 4) is 5.75 Å². The number of nitrogens with one attached hydrogen (secondary N) is 2. The molecule has 0 aliphatic carbocycles. The highest BCUT2D eigenvalue weighted by Crippen LogP contribution is 2.19. The summed E-state index contributed by atoms with van der Waals surface area (Å²) in [6.07, 6.45) is 2.04.